The lowest BCUT2D eigenvalue weighted by molar-refractivity contribution is -0.133. The maximum atomic E-state index is 14.4. The summed E-state index contributed by atoms with van der Waals surface area (Å²) in [6, 6.07) is 4.29. The molecular weight excluding hydrogens is 448 g/mol. The zero-order valence-corrected chi connectivity index (χ0v) is 18.2. The van der Waals surface area contributed by atoms with Crippen LogP contribution in [0.15, 0.2) is 35.5 Å². The van der Waals surface area contributed by atoms with Gasteiger partial charge in [0.1, 0.15) is 11.8 Å². The maximum absolute atomic E-state index is 14.4. The van der Waals surface area contributed by atoms with E-state index in [1.54, 1.807) is 20.8 Å². The van der Waals surface area contributed by atoms with E-state index in [9.17, 15) is 32.4 Å². The lowest BCUT2D eigenvalue weighted by atomic mass is 9.78. The van der Waals surface area contributed by atoms with Gasteiger partial charge in [-0.2, -0.15) is 17.9 Å². The van der Waals surface area contributed by atoms with Gasteiger partial charge in [0.05, 0.1) is 11.0 Å². The highest BCUT2D eigenvalue weighted by Gasteiger charge is 2.51. The van der Waals surface area contributed by atoms with Crippen LogP contribution in [-0.4, -0.2) is 39.9 Å². The van der Waals surface area contributed by atoms with E-state index in [0.717, 1.165) is 18.3 Å². The smallest absolute Gasteiger partial charge is 0.387 e. The molecule has 7 nitrogen and oxygen atoms in total. The summed E-state index contributed by atoms with van der Waals surface area (Å²) in [5.74, 6) is -6.83. The van der Waals surface area contributed by atoms with E-state index in [1.807, 2.05) is 0 Å². The summed E-state index contributed by atoms with van der Waals surface area (Å²) in [4.78, 5) is 28.7. The van der Waals surface area contributed by atoms with Gasteiger partial charge in [-0.25, -0.2) is 9.38 Å². The molecule has 1 aromatic carbocycles. The third-order valence-corrected chi connectivity index (χ3v) is 5.80. The van der Waals surface area contributed by atoms with Crippen molar-refractivity contribution in [2.24, 2.45) is 10.9 Å². The molecular formula is C22H22F4N2O5. The molecule has 0 bridgehead atoms. The zero-order chi connectivity index (χ0) is 24.7. The summed E-state index contributed by atoms with van der Waals surface area (Å²) in [7, 11) is 0. The minimum absolute atomic E-state index is 0.0320. The first-order valence-corrected chi connectivity index (χ1v) is 9.95. The standard InChI is InChI=1S/C22H22F4N2O5/c1-10-16(13-5-6-14(23)17(24)18(13)32-21(25)26)19(33-22(10,3)4)20(30)27-12-7-8-28(31)15(9-12)11(2)29/h5-10,16,19,21,31H,1-4H3/t10-,16-,19-/m0/s1. The SMILES string of the molecule is CC(=O)c1cc(=NC(=O)[C@H]2OC(C)(C)[C@@H](C)[C@H]2c2ccc(F)c(F)c2OC(F)F)ccn1O. The molecule has 0 aliphatic carbocycles. The number of carbonyl (C=O) groups is 2. The number of rotatable bonds is 5. The molecule has 178 valence electrons. The largest absolute Gasteiger partial charge is 0.431 e. The minimum atomic E-state index is -3.43. The molecule has 1 fully saturated rings. The number of amides is 1. The Kier molecular flexibility index (Phi) is 6.64. The fourth-order valence-electron chi connectivity index (χ4n) is 3.86. The van der Waals surface area contributed by atoms with Crippen molar-refractivity contribution < 1.29 is 41.8 Å². The van der Waals surface area contributed by atoms with Crippen LogP contribution in [-0.2, 0) is 9.53 Å². The minimum Gasteiger partial charge on any atom is -0.431 e. The quantitative estimate of drug-likeness (QED) is 0.408. The van der Waals surface area contributed by atoms with Gasteiger partial charge in [-0.15, -0.1) is 0 Å². The molecule has 2 heterocycles. The van der Waals surface area contributed by atoms with Crippen molar-refractivity contribution in [3.05, 3.63) is 58.7 Å². The summed E-state index contributed by atoms with van der Waals surface area (Å²) < 4.78 is 64.8. The first-order chi connectivity index (χ1) is 15.3. The third-order valence-electron chi connectivity index (χ3n) is 5.80. The van der Waals surface area contributed by atoms with Crippen LogP contribution in [0.4, 0.5) is 17.6 Å². The van der Waals surface area contributed by atoms with Crippen LogP contribution in [0, 0.1) is 17.6 Å². The van der Waals surface area contributed by atoms with Crippen molar-refractivity contribution in [2.45, 2.75) is 51.9 Å². The van der Waals surface area contributed by atoms with E-state index in [-0.39, 0.29) is 16.6 Å². The van der Waals surface area contributed by atoms with E-state index < -0.39 is 59.2 Å². The van der Waals surface area contributed by atoms with Gasteiger partial charge in [0.25, 0.3) is 5.91 Å². The molecule has 1 aromatic heterocycles. The van der Waals surface area contributed by atoms with Gasteiger partial charge in [-0.3, -0.25) is 9.59 Å². The second-order valence-electron chi connectivity index (χ2n) is 8.24. The van der Waals surface area contributed by atoms with Crippen LogP contribution in [0.2, 0.25) is 0 Å². The molecule has 0 unspecified atom stereocenters. The molecule has 1 aliphatic rings. The molecule has 33 heavy (non-hydrogen) atoms. The summed E-state index contributed by atoms with van der Waals surface area (Å²) in [5, 5.41) is 9.73. The molecule has 3 rings (SSSR count). The van der Waals surface area contributed by atoms with E-state index in [0.29, 0.717) is 4.73 Å². The highest BCUT2D eigenvalue weighted by atomic mass is 19.3. The van der Waals surface area contributed by atoms with E-state index >= 15 is 0 Å². The Hall–Kier alpha value is -3.21. The summed E-state index contributed by atoms with van der Waals surface area (Å²) in [6.45, 7) is 2.79. The normalized spacial score (nSPS) is 22.6. The van der Waals surface area contributed by atoms with Crippen molar-refractivity contribution in [3.8, 4) is 5.75 Å². The Labute approximate surface area is 186 Å². The number of nitrogens with zero attached hydrogens (tertiary/aromatic N) is 2. The first-order valence-electron chi connectivity index (χ1n) is 9.95. The maximum Gasteiger partial charge on any atom is 0.387 e. The van der Waals surface area contributed by atoms with Crippen LogP contribution in [0.5, 0.6) is 5.75 Å². The number of pyridine rings is 1. The zero-order valence-electron chi connectivity index (χ0n) is 18.2. The number of aromatic nitrogens is 1. The molecule has 1 N–H and O–H groups in total. The summed E-state index contributed by atoms with van der Waals surface area (Å²) >= 11 is 0. The molecule has 0 radical (unpaired) electrons. The predicted octanol–water partition coefficient (Wildman–Crippen LogP) is 3.83. The van der Waals surface area contributed by atoms with Gasteiger partial charge in [0.15, 0.2) is 17.3 Å². The molecule has 1 aliphatic heterocycles. The Morgan fingerprint density at radius 2 is 1.91 bits per heavy atom. The highest BCUT2D eigenvalue weighted by molar-refractivity contribution is 5.92. The monoisotopic (exact) mass is 470 g/mol. The van der Waals surface area contributed by atoms with Gasteiger partial charge < -0.3 is 14.7 Å². The number of benzene rings is 1. The van der Waals surface area contributed by atoms with Crippen LogP contribution in [0.25, 0.3) is 0 Å². The molecule has 0 spiro atoms. The number of ketones is 1. The Morgan fingerprint density at radius 1 is 1.24 bits per heavy atom. The molecule has 1 amide bonds. The average Bonchev–Trinajstić information content (AvgIpc) is 2.96. The fraction of sp³-hybridized carbons (Fsp3) is 0.409. The molecule has 0 saturated carbocycles. The summed E-state index contributed by atoms with van der Waals surface area (Å²) in [6.07, 6.45) is -0.228. The first kappa shape index (κ1) is 24.4. The van der Waals surface area contributed by atoms with Crippen molar-refractivity contribution >= 4 is 11.7 Å². The Morgan fingerprint density at radius 3 is 2.52 bits per heavy atom. The number of hydrogen-bond donors (Lipinski definition) is 1. The lowest BCUT2D eigenvalue weighted by Gasteiger charge is -2.26. The second-order valence-corrected chi connectivity index (χ2v) is 8.24. The third kappa shape index (κ3) is 4.77. The van der Waals surface area contributed by atoms with Gasteiger partial charge >= 0.3 is 6.61 Å². The van der Waals surface area contributed by atoms with Crippen molar-refractivity contribution in [1.82, 2.24) is 4.73 Å². The van der Waals surface area contributed by atoms with E-state index in [4.69, 9.17) is 4.74 Å². The predicted molar refractivity (Wildman–Crippen MR) is 106 cm³/mol. The van der Waals surface area contributed by atoms with Gasteiger partial charge in [0, 0.05) is 24.6 Å². The molecule has 2 aromatic rings. The van der Waals surface area contributed by atoms with Crippen LogP contribution in [0.1, 0.15) is 49.7 Å². The van der Waals surface area contributed by atoms with E-state index in [2.05, 4.69) is 9.73 Å². The van der Waals surface area contributed by atoms with Gasteiger partial charge in [-0.05, 0) is 38.0 Å². The number of ether oxygens (including phenoxy) is 2. The van der Waals surface area contributed by atoms with Gasteiger partial charge in [0.2, 0.25) is 5.82 Å². The van der Waals surface area contributed by atoms with Crippen molar-refractivity contribution in [3.63, 3.8) is 0 Å². The molecule has 1 saturated heterocycles. The van der Waals surface area contributed by atoms with Crippen LogP contribution < -0.4 is 10.1 Å². The lowest BCUT2D eigenvalue weighted by Crippen LogP contribution is -2.29. The van der Waals surface area contributed by atoms with E-state index in [1.165, 1.54) is 19.1 Å². The number of alkyl halides is 2. The van der Waals surface area contributed by atoms with Crippen LogP contribution >= 0.6 is 0 Å². The van der Waals surface area contributed by atoms with Crippen molar-refractivity contribution in [2.75, 3.05) is 0 Å². The van der Waals surface area contributed by atoms with Gasteiger partial charge in [-0.1, -0.05) is 13.0 Å². The number of halogens is 4. The Balaban J connectivity index is 2.11. The second kappa shape index (κ2) is 8.97. The average molecular weight is 470 g/mol. The summed E-state index contributed by atoms with van der Waals surface area (Å²) in [5.41, 5.74) is -1.25. The fourth-order valence-corrected chi connectivity index (χ4v) is 3.86. The van der Waals surface area contributed by atoms with Crippen molar-refractivity contribution in [1.29, 1.82) is 0 Å². The highest BCUT2D eigenvalue weighted by Crippen LogP contribution is 2.49. The topological polar surface area (TPSA) is 90.1 Å². The number of carbonyl (C=O) groups excluding carboxylic acids is 2. The number of hydrogen-bond acceptors (Lipinski definition) is 5. The molecule has 11 heteroatoms. The Bertz CT molecular complexity index is 1160. The molecule has 3 atom stereocenters. The van der Waals surface area contributed by atoms with Crippen LogP contribution in [0.3, 0.4) is 0 Å². The number of Topliss-reactive ketones (excluding diaryl/α,β-unsaturated/α-hetero) is 1.